The van der Waals surface area contributed by atoms with Crippen molar-refractivity contribution in [3.63, 3.8) is 0 Å². The number of carbonyl (C=O) groups is 1. The number of hydrogen-bond donors (Lipinski definition) is 3. The van der Waals surface area contributed by atoms with Gasteiger partial charge in [-0.2, -0.15) is 119 Å². The van der Waals surface area contributed by atoms with Crippen LogP contribution >= 0.6 is 0 Å². The number of aliphatic hydroxyl groups is 3. The number of alkyl halides is 27. The van der Waals surface area contributed by atoms with Crippen LogP contribution in [0.3, 0.4) is 0 Å². The van der Waals surface area contributed by atoms with Crippen LogP contribution in [0.4, 0.5) is 119 Å². The molecule has 3 N–H and O–H groups in total. The Hall–Kier alpha value is -4.30. The molecule has 0 amide bonds. The summed E-state index contributed by atoms with van der Waals surface area (Å²) in [5.41, 5.74) is -28.3. The van der Waals surface area contributed by atoms with Crippen molar-refractivity contribution in [1.29, 1.82) is 0 Å². The second-order valence-corrected chi connectivity index (χ2v) is 16.7. The number of carbonyl (C=O) groups excluding carboxylic acids is 1. The van der Waals surface area contributed by atoms with E-state index in [1.807, 2.05) is 0 Å². The quantitative estimate of drug-likeness (QED) is 0.0987. The highest BCUT2D eigenvalue weighted by molar-refractivity contribution is 5.89. The average molecular weight is 1130 g/mol. The van der Waals surface area contributed by atoms with Crippen molar-refractivity contribution in [2.24, 2.45) is 11.8 Å². The fraction of sp³-hybridized carbons (Fsp3) is 0.675. The summed E-state index contributed by atoms with van der Waals surface area (Å²) < 4.78 is 364. The zero-order chi connectivity index (χ0) is 58.2. The van der Waals surface area contributed by atoms with Crippen LogP contribution in [0.1, 0.15) is 75.5 Å². The average Bonchev–Trinajstić information content (AvgIpc) is 3.19. The minimum atomic E-state index is -6.78. The summed E-state index contributed by atoms with van der Waals surface area (Å²) in [5, 5.41) is 28.0. The molecule has 0 spiro atoms. The highest BCUT2D eigenvalue weighted by Gasteiger charge is 2.79. The smallest absolute Gasteiger partial charge is 0.426 e. The first-order valence-corrected chi connectivity index (χ1v) is 19.8. The van der Waals surface area contributed by atoms with Crippen molar-refractivity contribution in [3.05, 3.63) is 66.5 Å². The third-order valence-electron chi connectivity index (χ3n) is 12.0. The number of halogens is 27. The lowest BCUT2D eigenvalue weighted by Crippen LogP contribution is -2.67. The van der Waals surface area contributed by atoms with E-state index in [2.05, 4.69) is 24.5 Å². The molecular formula is C40H39F27O6. The van der Waals surface area contributed by atoms with E-state index in [9.17, 15) is 134 Å². The zero-order valence-corrected chi connectivity index (χ0v) is 36.6. The maximum Gasteiger partial charge on any atom is 0.426 e. The number of benzene rings is 1. The molecule has 1 aromatic carbocycles. The Kier molecular flexibility index (Phi) is 19.9. The third-order valence-corrected chi connectivity index (χ3v) is 12.0. The zero-order valence-electron chi connectivity index (χ0n) is 36.6. The fourth-order valence-corrected chi connectivity index (χ4v) is 7.27. The van der Waals surface area contributed by atoms with Crippen molar-refractivity contribution in [2.45, 2.75) is 155 Å². The van der Waals surface area contributed by atoms with Gasteiger partial charge in [0.15, 0.2) is 10.8 Å². The number of ether oxygens (including phenoxy) is 2. The van der Waals surface area contributed by atoms with E-state index in [0.717, 1.165) is 25.7 Å². The van der Waals surface area contributed by atoms with Crippen LogP contribution in [-0.4, -0.2) is 106 Å². The standard InChI is InChI=1S/C16H13F15O4.C16H12F12.C8H14O2/c1-5(12(17,18)19)9(32)35-8-3-6(10(33,13(20,21)22)14(23,24)25)2-7(4-8)11(34,15(26,27)28)16(29,30)31;1-4-8-5-9(11(2,13(17,18)19)14(20,21)22)7-10(6-8)12(3,15(23,24)25)16(26,27)28;1-2-10-8-5-3-7(9)4-6-8/h6-8,33-34H,1-4H2;4-7H,1H2,2-3H3;2,7-9H,1,3-6H2. The van der Waals surface area contributed by atoms with E-state index >= 15 is 0 Å². The molecule has 73 heavy (non-hydrogen) atoms. The SMILES string of the molecule is C=C(C(=O)OC1CC(C(O)(C(F)(F)F)C(F)(F)F)CC(C(O)(C(F)(F)F)C(F)(F)F)C1)C(F)(F)F.C=COC1CCC(O)CC1.C=Cc1cc(C(C)(C(F)(F)F)C(F)(F)F)cc(C(C)(C(F)(F)F)C(F)(F)F)c1. The van der Waals surface area contributed by atoms with Gasteiger partial charge >= 0.3 is 61.6 Å². The molecular weight excluding hydrogens is 1090 g/mol. The van der Waals surface area contributed by atoms with Crippen molar-refractivity contribution < 1.29 is 148 Å². The summed E-state index contributed by atoms with van der Waals surface area (Å²) in [7, 11) is 0. The fourth-order valence-electron chi connectivity index (χ4n) is 7.27. The van der Waals surface area contributed by atoms with Crippen LogP contribution in [-0.2, 0) is 25.1 Å². The molecule has 33 heteroatoms. The topological polar surface area (TPSA) is 96.2 Å². The van der Waals surface area contributed by atoms with Gasteiger partial charge in [-0.1, -0.05) is 44.0 Å². The lowest BCUT2D eigenvalue weighted by molar-refractivity contribution is -0.405. The lowest BCUT2D eigenvalue weighted by Gasteiger charge is -2.48. The van der Waals surface area contributed by atoms with Crippen molar-refractivity contribution in [2.75, 3.05) is 0 Å². The van der Waals surface area contributed by atoms with Gasteiger partial charge in [0.2, 0.25) is 0 Å². The minimum Gasteiger partial charge on any atom is -0.499 e. The molecule has 2 unspecified atom stereocenters. The van der Waals surface area contributed by atoms with Gasteiger partial charge in [0.25, 0.3) is 11.2 Å². The number of esters is 1. The molecule has 3 rings (SSSR count). The molecule has 2 atom stereocenters. The van der Waals surface area contributed by atoms with Gasteiger partial charge in [-0.3, -0.25) is 0 Å². The van der Waals surface area contributed by atoms with Gasteiger partial charge in [0.05, 0.1) is 18.5 Å². The summed E-state index contributed by atoms with van der Waals surface area (Å²) >= 11 is 0. The second kappa shape index (κ2) is 21.7. The molecule has 0 radical (unpaired) electrons. The van der Waals surface area contributed by atoms with Crippen LogP contribution < -0.4 is 0 Å². The van der Waals surface area contributed by atoms with E-state index in [0.29, 0.717) is 12.2 Å². The van der Waals surface area contributed by atoms with Gasteiger partial charge in [0.1, 0.15) is 11.7 Å². The highest BCUT2D eigenvalue weighted by atomic mass is 19.5. The first-order valence-electron chi connectivity index (χ1n) is 19.8. The number of aliphatic hydroxyl groups excluding tert-OH is 1. The Morgan fingerprint density at radius 3 is 1.08 bits per heavy atom. The monoisotopic (exact) mass is 1130 g/mol. The Balaban J connectivity index is 0.000000621. The summed E-state index contributed by atoms with van der Waals surface area (Å²) in [5.74, 6) is -10.0. The van der Waals surface area contributed by atoms with Crippen molar-refractivity contribution in [1.82, 2.24) is 0 Å². The van der Waals surface area contributed by atoms with Gasteiger partial charge in [-0.05, 0) is 75.5 Å². The van der Waals surface area contributed by atoms with Gasteiger partial charge in [-0.25, -0.2) is 4.79 Å². The molecule has 0 aliphatic heterocycles. The largest absolute Gasteiger partial charge is 0.499 e. The maximum absolute atomic E-state index is 13.2. The molecule has 1 aromatic rings. The Labute approximate surface area is 393 Å². The second-order valence-electron chi connectivity index (χ2n) is 16.7. The maximum atomic E-state index is 13.2. The first-order chi connectivity index (χ1) is 32.1. The number of rotatable bonds is 9. The van der Waals surface area contributed by atoms with Crippen molar-refractivity contribution in [3.8, 4) is 0 Å². The molecule has 2 aliphatic rings. The van der Waals surface area contributed by atoms with Crippen LogP contribution in [0.2, 0.25) is 0 Å². The van der Waals surface area contributed by atoms with E-state index < -0.39 is 143 Å². The summed E-state index contributed by atoms with van der Waals surface area (Å²) in [6, 6.07) is 0.0320. The molecule has 0 aromatic heterocycles. The van der Waals surface area contributed by atoms with E-state index in [-0.39, 0.29) is 38.2 Å². The summed E-state index contributed by atoms with van der Waals surface area (Å²) in [6.07, 6.45) is -60.3. The van der Waals surface area contributed by atoms with E-state index in [4.69, 9.17) is 9.84 Å². The normalized spacial score (nSPS) is 21.7. The number of hydrogen-bond acceptors (Lipinski definition) is 6. The Bertz CT molecular complexity index is 1880. The Morgan fingerprint density at radius 2 is 0.836 bits per heavy atom. The van der Waals surface area contributed by atoms with Gasteiger partial charge in [-0.15, -0.1) is 0 Å². The van der Waals surface area contributed by atoms with Crippen LogP contribution in [0.15, 0.2) is 49.8 Å². The van der Waals surface area contributed by atoms with Gasteiger partial charge in [0, 0.05) is 11.8 Å². The first kappa shape index (κ1) is 66.7. The van der Waals surface area contributed by atoms with Crippen molar-refractivity contribution >= 4 is 12.0 Å². The van der Waals surface area contributed by atoms with Gasteiger partial charge < -0.3 is 24.8 Å². The van der Waals surface area contributed by atoms with Crippen LogP contribution in [0, 0.1) is 11.8 Å². The minimum absolute atomic E-state index is 0.0929. The lowest BCUT2D eigenvalue weighted by atomic mass is 9.65. The summed E-state index contributed by atoms with van der Waals surface area (Å²) in [6.45, 7) is 7.93. The van der Waals surface area contributed by atoms with E-state index in [1.54, 1.807) is 0 Å². The molecule has 0 heterocycles. The molecule has 2 aliphatic carbocycles. The summed E-state index contributed by atoms with van der Waals surface area (Å²) in [4.78, 5) is 11.5. The Morgan fingerprint density at radius 1 is 0.521 bits per heavy atom. The molecule has 2 saturated carbocycles. The van der Waals surface area contributed by atoms with Crippen LogP contribution in [0.25, 0.3) is 6.08 Å². The predicted molar refractivity (Wildman–Crippen MR) is 195 cm³/mol. The molecule has 0 saturated heterocycles. The van der Waals surface area contributed by atoms with Crippen LogP contribution in [0.5, 0.6) is 0 Å². The molecule has 424 valence electrons. The van der Waals surface area contributed by atoms with E-state index in [1.165, 1.54) is 6.26 Å². The molecule has 6 nitrogen and oxygen atoms in total. The molecule has 0 bridgehead atoms. The third kappa shape index (κ3) is 14.0. The highest BCUT2D eigenvalue weighted by Crippen LogP contribution is 2.59. The molecule has 2 fully saturated rings. The predicted octanol–water partition coefficient (Wildman–Crippen LogP) is 13.7.